The fourth-order valence-electron chi connectivity index (χ4n) is 2.42. The monoisotopic (exact) mass is 270 g/mol. The Morgan fingerprint density at radius 1 is 1.61 bits per heavy atom. The van der Waals surface area contributed by atoms with E-state index < -0.39 is 5.97 Å². The summed E-state index contributed by atoms with van der Waals surface area (Å²) in [5.41, 5.74) is 0.835. The van der Waals surface area contributed by atoms with Gasteiger partial charge >= 0.3 is 5.97 Å². The van der Waals surface area contributed by atoms with E-state index in [0.717, 1.165) is 31.6 Å². The third kappa shape index (κ3) is 3.51. The van der Waals surface area contributed by atoms with Gasteiger partial charge in [-0.15, -0.1) is 11.3 Å². The van der Waals surface area contributed by atoms with Crippen LogP contribution in [-0.2, 0) is 6.54 Å². The number of aliphatic hydroxyl groups is 1. The second kappa shape index (κ2) is 6.26. The summed E-state index contributed by atoms with van der Waals surface area (Å²) in [4.78, 5) is 17.1. The fraction of sp³-hybridized carbons (Fsp3) is 0.667. The number of aliphatic hydroxyl groups excluding tert-OH is 1. The molecule has 1 aliphatic heterocycles. The van der Waals surface area contributed by atoms with Crippen LogP contribution in [0.4, 0.5) is 0 Å². The minimum atomic E-state index is -0.956. The van der Waals surface area contributed by atoms with Gasteiger partial charge in [-0.1, -0.05) is 0 Å². The van der Waals surface area contributed by atoms with E-state index in [1.807, 2.05) is 5.38 Å². The molecule has 1 aromatic rings. The van der Waals surface area contributed by atoms with Crippen LogP contribution in [-0.4, -0.2) is 45.8 Å². The average molecular weight is 270 g/mol. The lowest BCUT2D eigenvalue weighted by Crippen LogP contribution is -2.35. The predicted octanol–water partition coefficient (Wildman–Crippen LogP) is 1.44. The minimum absolute atomic E-state index is 0.161. The van der Waals surface area contributed by atoms with Gasteiger partial charge in [0.2, 0.25) is 5.01 Å². The molecule has 0 saturated carbocycles. The van der Waals surface area contributed by atoms with Crippen molar-refractivity contribution in [3.8, 4) is 0 Å². The lowest BCUT2D eigenvalue weighted by atomic mass is 9.95. The summed E-state index contributed by atoms with van der Waals surface area (Å²) in [6, 6.07) is 0. The number of hydrogen-bond acceptors (Lipinski definition) is 5. The van der Waals surface area contributed by atoms with Gasteiger partial charge in [0.15, 0.2) is 0 Å². The van der Waals surface area contributed by atoms with Crippen molar-refractivity contribution in [2.75, 3.05) is 19.7 Å². The zero-order valence-corrected chi connectivity index (χ0v) is 11.0. The molecule has 0 radical (unpaired) electrons. The summed E-state index contributed by atoms with van der Waals surface area (Å²) in [6.07, 6.45) is 3.17. The van der Waals surface area contributed by atoms with Crippen LogP contribution in [0.2, 0.25) is 0 Å². The van der Waals surface area contributed by atoms with Crippen LogP contribution in [0.25, 0.3) is 0 Å². The number of thiazole rings is 1. The maximum absolute atomic E-state index is 10.8. The number of likely N-dealkylation sites (tertiary alicyclic amines) is 1. The highest BCUT2D eigenvalue weighted by atomic mass is 32.1. The van der Waals surface area contributed by atoms with E-state index in [9.17, 15) is 4.79 Å². The Morgan fingerprint density at radius 3 is 3.11 bits per heavy atom. The van der Waals surface area contributed by atoms with Crippen molar-refractivity contribution in [3.05, 3.63) is 16.1 Å². The van der Waals surface area contributed by atoms with Crippen LogP contribution in [0.5, 0.6) is 0 Å². The molecule has 18 heavy (non-hydrogen) atoms. The topological polar surface area (TPSA) is 73.7 Å². The number of carbonyl (C=O) groups is 1. The highest BCUT2D eigenvalue weighted by molar-refractivity contribution is 7.11. The van der Waals surface area contributed by atoms with Crippen LogP contribution in [0.1, 0.15) is 34.8 Å². The second-order valence-electron chi connectivity index (χ2n) is 4.70. The molecule has 0 aromatic carbocycles. The van der Waals surface area contributed by atoms with Crippen molar-refractivity contribution in [3.63, 3.8) is 0 Å². The van der Waals surface area contributed by atoms with Gasteiger partial charge in [-0.3, -0.25) is 4.90 Å². The van der Waals surface area contributed by atoms with E-state index >= 15 is 0 Å². The average Bonchev–Trinajstić information content (AvgIpc) is 2.78. The molecule has 0 spiro atoms. The molecule has 0 aliphatic carbocycles. The first-order chi connectivity index (χ1) is 8.69. The molecular formula is C12H18N2O3S. The molecule has 2 heterocycles. The van der Waals surface area contributed by atoms with Crippen LogP contribution >= 0.6 is 11.3 Å². The summed E-state index contributed by atoms with van der Waals surface area (Å²) in [6.45, 7) is 2.96. The lowest BCUT2D eigenvalue weighted by Gasteiger charge is -2.31. The Bertz CT molecular complexity index is 406. The van der Waals surface area contributed by atoms with Gasteiger partial charge in [-0.2, -0.15) is 0 Å². The van der Waals surface area contributed by atoms with Crippen molar-refractivity contribution < 1.29 is 15.0 Å². The van der Waals surface area contributed by atoms with Gasteiger partial charge in [-0.05, 0) is 31.7 Å². The Balaban J connectivity index is 1.89. The number of rotatable bonds is 5. The summed E-state index contributed by atoms with van der Waals surface area (Å²) in [7, 11) is 0. The summed E-state index contributed by atoms with van der Waals surface area (Å²) in [5.74, 6) is -0.399. The predicted molar refractivity (Wildman–Crippen MR) is 68.8 cm³/mol. The van der Waals surface area contributed by atoms with Gasteiger partial charge in [-0.25, -0.2) is 9.78 Å². The van der Waals surface area contributed by atoms with Crippen LogP contribution in [0.15, 0.2) is 5.38 Å². The summed E-state index contributed by atoms with van der Waals surface area (Å²) in [5, 5.41) is 19.8. The Morgan fingerprint density at radius 2 is 2.44 bits per heavy atom. The number of hydrogen-bond donors (Lipinski definition) is 2. The second-order valence-corrected chi connectivity index (χ2v) is 5.56. The third-order valence-corrected chi connectivity index (χ3v) is 4.14. The van der Waals surface area contributed by atoms with Crippen molar-refractivity contribution in [1.82, 2.24) is 9.88 Å². The number of piperidine rings is 1. The van der Waals surface area contributed by atoms with Gasteiger partial charge in [0, 0.05) is 25.1 Å². The zero-order chi connectivity index (χ0) is 13.0. The molecule has 100 valence electrons. The van der Waals surface area contributed by atoms with E-state index in [2.05, 4.69) is 9.88 Å². The maximum atomic E-state index is 10.8. The Labute approximate surface area is 110 Å². The standard InChI is InChI=1S/C12H18N2O3S/c15-5-3-9-2-1-4-14(6-9)7-10-8-18-11(13-10)12(16)17/h8-9,15H,1-7H2,(H,16,17). The molecule has 0 amide bonds. The summed E-state index contributed by atoms with van der Waals surface area (Å²) >= 11 is 1.18. The van der Waals surface area contributed by atoms with Gasteiger partial charge in [0.25, 0.3) is 0 Å². The first kappa shape index (κ1) is 13.5. The van der Waals surface area contributed by atoms with Crippen molar-refractivity contribution >= 4 is 17.3 Å². The van der Waals surface area contributed by atoms with Crippen LogP contribution < -0.4 is 0 Å². The highest BCUT2D eigenvalue weighted by Gasteiger charge is 2.20. The van der Waals surface area contributed by atoms with Crippen molar-refractivity contribution in [1.29, 1.82) is 0 Å². The van der Waals surface area contributed by atoms with E-state index in [1.54, 1.807) is 0 Å². The summed E-state index contributed by atoms with van der Waals surface area (Å²) < 4.78 is 0. The maximum Gasteiger partial charge on any atom is 0.365 e. The van der Waals surface area contributed by atoms with Gasteiger partial charge in [0.05, 0.1) is 5.69 Å². The molecule has 1 saturated heterocycles. The van der Waals surface area contributed by atoms with Crippen molar-refractivity contribution in [2.24, 2.45) is 5.92 Å². The Hall–Kier alpha value is -0.980. The number of carboxylic acids is 1. The third-order valence-electron chi connectivity index (χ3n) is 3.26. The molecule has 1 aliphatic rings. The first-order valence-corrected chi connectivity index (χ1v) is 7.08. The molecule has 1 fully saturated rings. The Kier molecular flexibility index (Phi) is 4.68. The number of carboxylic acid groups (broad SMARTS) is 1. The molecular weight excluding hydrogens is 252 g/mol. The molecule has 2 rings (SSSR count). The van der Waals surface area contributed by atoms with Crippen LogP contribution in [0.3, 0.4) is 0 Å². The van der Waals surface area contributed by atoms with E-state index in [0.29, 0.717) is 12.5 Å². The van der Waals surface area contributed by atoms with E-state index in [4.69, 9.17) is 10.2 Å². The molecule has 1 atom stereocenters. The molecule has 0 bridgehead atoms. The normalized spacial score (nSPS) is 21.1. The fourth-order valence-corrected chi connectivity index (χ4v) is 3.07. The van der Waals surface area contributed by atoms with E-state index in [-0.39, 0.29) is 11.6 Å². The first-order valence-electron chi connectivity index (χ1n) is 6.20. The number of nitrogens with zero attached hydrogens (tertiary/aromatic N) is 2. The van der Waals surface area contributed by atoms with Crippen LogP contribution in [0, 0.1) is 5.92 Å². The highest BCUT2D eigenvalue weighted by Crippen LogP contribution is 2.21. The van der Waals surface area contributed by atoms with Gasteiger partial charge in [0.1, 0.15) is 0 Å². The van der Waals surface area contributed by atoms with E-state index in [1.165, 1.54) is 17.8 Å². The molecule has 6 heteroatoms. The van der Waals surface area contributed by atoms with Crippen molar-refractivity contribution in [2.45, 2.75) is 25.8 Å². The molecule has 1 unspecified atom stereocenters. The lowest BCUT2D eigenvalue weighted by molar-refractivity contribution is 0.0695. The zero-order valence-electron chi connectivity index (χ0n) is 10.2. The number of aromatic nitrogens is 1. The number of aromatic carboxylic acids is 1. The molecule has 1 aromatic heterocycles. The largest absolute Gasteiger partial charge is 0.476 e. The minimum Gasteiger partial charge on any atom is -0.476 e. The SMILES string of the molecule is O=C(O)c1nc(CN2CCCC(CCO)C2)cs1. The van der Waals surface area contributed by atoms with Gasteiger partial charge < -0.3 is 10.2 Å². The molecule has 5 nitrogen and oxygen atoms in total. The smallest absolute Gasteiger partial charge is 0.365 e. The quantitative estimate of drug-likeness (QED) is 0.847. The molecule has 2 N–H and O–H groups in total.